The third kappa shape index (κ3) is 7.09. The molecule has 2 heterocycles. The number of amides is 1. The standard InChI is InChI=1S/C37H44N2O2S.C2H6.H2/c1-4-32-33-17-13-27(22-26-10-14-29(15-11-26)28-8-6-5-7-9-28)12-16-31(33)23-34(36(32)41)35-24(2)42-37(38-35)30-18-20-39(21-19-30)25(3)40;1-2;/h10-12,14-17,23,28,30,32H,4-9,13,18-22H2,1-3H3;1-2H3;1H. The molecule has 0 radical (unpaired) electrons. The number of aryl methyl sites for hydroxylation is 1. The van der Waals surface area contributed by atoms with Gasteiger partial charge in [0.25, 0.3) is 0 Å². The first-order valence-electron chi connectivity index (χ1n) is 17.1. The molecule has 4 aliphatic rings. The van der Waals surface area contributed by atoms with E-state index in [4.69, 9.17) is 4.98 Å². The fourth-order valence-electron chi connectivity index (χ4n) is 7.37. The van der Waals surface area contributed by atoms with Crippen molar-refractivity contribution in [3.63, 3.8) is 0 Å². The van der Waals surface area contributed by atoms with E-state index in [-0.39, 0.29) is 19.0 Å². The monoisotopic (exact) mass is 612 g/mol. The second-order valence-corrected chi connectivity index (χ2v) is 13.9. The molecule has 3 aliphatic carbocycles. The van der Waals surface area contributed by atoms with Crippen LogP contribution in [0.1, 0.15) is 125 Å². The van der Waals surface area contributed by atoms with Gasteiger partial charge in [-0.25, -0.2) is 4.98 Å². The largest absolute Gasteiger partial charge is 0.343 e. The van der Waals surface area contributed by atoms with Crippen LogP contribution in [0.3, 0.4) is 0 Å². The van der Waals surface area contributed by atoms with Crippen LogP contribution in [0.4, 0.5) is 0 Å². The third-order valence-corrected chi connectivity index (χ3v) is 11.1. The molecule has 1 amide bonds. The predicted octanol–water partition coefficient (Wildman–Crippen LogP) is 9.92. The maximum absolute atomic E-state index is 13.9. The summed E-state index contributed by atoms with van der Waals surface area (Å²) in [7, 11) is 0. The number of hydrogen-bond acceptors (Lipinski definition) is 4. The average molecular weight is 613 g/mol. The Morgan fingerprint density at radius 2 is 1.70 bits per heavy atom. The summed E-state index contributed by atoms with van der Waals surface area (Å²) in [6, 6.07) is 9.37. The maximum atomic E-state index is 13.9. The van der Waals surface area contributed by atoms with E-state index in [0.717, 1.165) is 77.8 Å². The fourth-order valence-corrected chi connectivity index (χ4v) is 8.48. The molecule has 0 bridgehead atoms. The Balaban J connectivity index is 0.00000151. The fraction of sp³-hybridized carbons (Fsp3) is 0.513. The van der Waals surface area contributed by atoms with Crippen molar-refractivity contribution >= 4 is 28.6 Å². The lowest BCUT2D eigenvalue weighted by Gasteiger charge is -2.30. The van der Waals surface area contributed by atoms with Gasteiger partial charge in [-0.15, -0.1) is 11.3 Å². The van der Waals surface area contributed by atoms with Gasteiger partial charge in [0, 0.05) is 43.7 Å². The van der Waals surface area contributed by atoms with Crippen molar-refractivity contribution in [2.75, 3.05) is 13.1 Å². The molecular weight excluding hydrogens is 561 g/mol. The lowest BCUT2D eigenvalue weighted by molar-refractivity contribution is -0.129. The van der Waals surface area contributed by atoms with Crippen LogP contribution in [0, 0.1) is 12.8 Å². The van der Waals surface area contributed by atoms with E-state index in [9.17, 15) is 9.59 Å². The zero-order valence-corrected chi connectivity index (χ0v) is 28.3. The number of fused-ring (bicyclic) bond motifs is 1. The number of nitrogens with zero attached hydrogens (tertiary/aromatic N) is 2. The molecule has 44 heavy (non-hydrogen) atoms. The number of hydrogen-bond donors (Lipinski definition) is 0. The molecular formula is C39H52N2O2S. The Morgan fingerprint density at radius 3 is 2.36 bits per heavy atom. The maximum Gasteiger partial charge on any atom is 0.219 e. The van der Waals surface area contributed by atoms with E-state index in [0.29, 0.717) is 5.92 Å². The highest BCUT2D eigenvalue weighted by Gasteiger charge is 2.34. The number of piperidine rings is 1. The van der Waals surface area contributed by atoms with E-state index in [1.165, 1.54) is 54.4 Å². The molecule has 1 saturated heterocycles. The lowest BCUT2D eigenvalue weighted by atomic mass is 9.77. The van der Waals surface area contributed by atoms with Crippen LogP contribution in [0.15, 0.2) is 65.3 Å². The Bertz CT molecular complexity index is 1460. The molecule has 2 fully saturated rings. The second-order valence-electron chi connectivity index (χ2n) is 12.7. The minimum Gasteiger partial charge on any atom is -0.343 e. The summed E-state index contributed by atoms with van der Waals surface area (Å²) >= 11 is 1.73. The first kappa shape index (κ1) is 32.3. The molecule has 1 atom stereocenters. The summed E-state index contributed by atoms with van der Waals surface area (Å²) in [6.07, 6.45) is 20.2. The van der Waals surface area contributed by atoms with Gasteiger partial charge in [-0.05, 0) is 86.1 Å². The topological polar surface area (TPSA) is 50.3 Å². The third-order valence-electron chi connectivity index (χ3n) is 9.93. The quantitative estimate of drug-likeness (QED) is 0.326. The highest BCUT2D eigenvalue weighted by molar-refractivity contribution is 7.11. The van der Waals surface area contributed by atoms with Gasteiger partial charge in [-0.2, -0.15) is 0 Å². The van der Waals surface area contributed by atoms with Crippen molar-refractivity contribution in [2.45, 2.75) is 111 Å². The number of rotatable bonds is 6. The molecule has 4 nitrogen and oxygen atoms in total. The van der Waals surface area contributed by atoms with Gasteiger partial charge >= 0.3 is 0 Å². The Hall–Kier alpha value is -3.05. The average Bonchev–Trinajstić information content (AvgIpc) is 3.34. The van der Waals surface area contributed by atoms with Gasteiger partial charge < -0.3 is 4.90 Å². The molecule has 2 aromatic rings. The minimum absolute atomic E-state index is 0. The van der Waals surface area contributed by atoms with E-state index >= 15 is 0 Å². The van der Waals surface area contributed by atoms with Gasteiger partial charge in [0.2, 0.25) is 5.91 Å². The van der Waals surface area contributed by atoms with Crippen molar-refractivity contribution < 1.29 is 11.0 Å². The molecule has 6 rings (SSSR count). The summed E-state index contributed by atoms with van der Waals surface area (Å²) in [5.41, 5.74) is 8.21. The zero-order chi connectivity index (χ0) is 31.2. The van der Waals surface area contributed by atoms with Crippen molar-refractivity contribution in [3.8, 4) is 0 Å². The van der Waals surface area contributed by atoms with Crippen LogP contribution in [0.25, 0.3) is 5.57 Å². The summed E-state index contributed by atoms with van der Waals surface area (Å²) < 4.78 is 0. The number of likely N-dealkylation sites (tertiary alicyclic amines) is 1. The molecule has 1 unspecified atom stereocenters. The molecule has 236 valence electrons. The van der Waals surface area contributed by atoms with Crippen LogP contribution in [-0.4, -0.2) is 34.7 Å². The number of carbonyl (C=O) groups excluding carboxylic acids is 2. The van der Waals surface area contributed by atoms with Gasteiger partial charge in [0.15, 0.2) is 5.78 Å². The molecule has 1 saturated carbocycles. The molecule has 1 aromatic carbocycles. The van der Waals surface area contributed by atoms with Gasteiger partial charge in [-0.3, -0.25) is 9.59 Å². The first-order chi connectivity index (χ1) is 21.4. The number of allylic oxidation sites excluding steroid dienone is 8. The highest BCUT2D eigenvalue weighted by Crippen LogP contribution is 2.42. The summed E-state index contributed by atoms with van der Waals surface area (Å²) in [5, 5.41) is 1.11. The normalized spacial score (nSPS) is 21.2. The molecule has 1 aromatic heterocycles. The van der Waals surface area contributed by atoms with Gasteiger partial charge in [0.05, 0.1) is 10.7 Å². The molecule has 1 aliphatic heterocycles. The number of ketones is 1. The van der Waals surface area contributed by atoms with Gasteiger partial charge in [-0.1, -0.05) is 88.1 Å². The van der Waals surface area contributed by atoms with Crippen molar-refractivity contribution in [3.05, 3.63) is 92.0 Å². The van der Waals surface area contributed by atoms with Crippen molar-refractivity contribution in [1.82, 2.24) is 9.88 Å². The number of aromatic nitrogens is 1. The minimum atomic E-state index is -0.123. The summed E-state index contributed by atoms with van der Waals surface area (Å²) in [4.78, 5) is 33.8. The van der Waals surface area contributed by atoms with Crippen LogP contribution >= 0.6 is 11.3 Å². The predicted molar refractivity (Wildman–Crippen MR) is 186 cm³/mol. The Labute approximate surface area is 270 Å². The zero-order valence-electron chi connectivity index (χ0n) is 27.5. The van der Waals surface area contributed by atoms with Crippen LogP contribution in [-0.2, 0) is 16.0 Å². The van der Waals surface area contributed by atoms with E-state index in [2.05, 4.69) is 62.4 Å². The number of Topliss-reactive ketones (excluding diaryl/α,β-unsaturated/α-hetero) is 1. The molecule has 0 N–H and O–H groups in total. The first-order valence-corrected chi connectivity index (χ1v) is 17.9. The van der Waals surface area contributed by atoms with Crippen molar-refractivity contribution in [2.24, 2.45) is 5.92 Å². The SMILES string of the molecule is CC.CCC1C(=O)C(c2nc(C3CCN(C(C)=O)CC3)sc2C)=CC2=CC=C(Cc3ccc(C4CCCCC4)cc3)CC=C21.[HH]. The summed E-state index contributed by atoms with van der Waals surface area (Å²) in [6.45, 7) is 11.4. The Kier molecular flexibility index (Phi) is 10.9. The van der Waals surface area contributed by atoms with E-state index in [1.54, 1.807) is 18.3 Å². The molecule has 0 spiro atoms. The highest BCUT2D eigenvalue weighted by atomic mass is 32.1. The smallest absolute Gasteiger partial charge is 0.219 e. The number of thiazole rings is 1. The van der Waals surface area contributed by atoms with Crippen molar-refractivity contribution in [1.29, 1.82) is 0 Å². The van der Waals surface area contributed by atoms with Gasteiger partial charge in [0.1, 0.15) is 0 Å². The van der Waals surface area contributed by atoms with E-state index < -0.39 is 0 Å². The number of benzene rings is 1. The van der Waals surface area contributed by atoms with Crippen LogP contribution in [0.2, 0.25) is 0 Å². The summed E-state index contributed by atoms with van der Waals surface area (Å²) in [5.74, 6) is 1.33. The Morgan fingerprint density at radius 1 is 1.00 bits per heavy atom. The molecule has 5 heteroatoms. The number of carbonyl (C=O) groups is 2. The second kappa shape index (κ2) is 14.8. The lowest BCUT2D eigenvalue weighted by Crippen LogP contribution is -2.36. The van der Waals surface area contributed by atoms with Crippen LogP contribution < -0.4 is 0 Å². The van der Waals surface area contributed by atoms with E-state index in [1.807, 2.05) is 18.7 Å². The van der Waals surface area contributed by atoms with Crippen LogP contribution in [0.5, 0.6) is 0 Å².